The molecule has 66 heavy (non-hydrogen) atoms. The van der Waals surface area contributed by atoms with E-state index in [4.69, 9.17) is 6.57 Å². The van der Waals surface area contributed by atoms with Crippen LogP contribution in [0.15, 0.2) is 152 Å². The number of benzene rings is 8. The molecular weight excluding hydrogens is 830 g/mol. The van der Waals surface area contributed by atoms with E-state index in [1.54, 1.807) is 42.5 Å². The first-order chi connectivity index (χ1) is 32.1. The third-order valence-electron chi connectivity index (χ3n) is 11.9. The van der Waals surface area contributed by atoms with Gasteiger partial charge >= 0.3 is 6.18 Å². The van der Waals surface area contributed by atoms with Crippen LogP contribution >= 0.6 is 0 Å². The number of halogens is 3. The molecule has 10 rings (SSSR count). The Bertz CT molecular complexity index is 4020. The molecule has 306 valence electrons. The molecule has 0 amide bonds. The monoisotopic (exact) mass is 854 g/mol. The molecule has 0 saturated carbocycles. The maximum absolute atomic E-state index is 15.0. The van der Waals surface area contributed by atoms with Crippen LogP contribution in [0.2, 0.25) is 0 Å². The predicted molar refractivity (Wildman–Crippen MR) is 246 cm³/mol. The molecule has 8 nitrogen and oxygen atoms in total. The van der Waals surface area contributed by atoms with E-state index in [0.717, 1.165) is 38.7 Å². The zero-order valence-electron chi connectivity index (χ0n) is 34.1. The number of nitriles is 5. The van der Waals surface area contributed by atoms with Gasteiger partial charge in [0.05, 0.1) is 104 Å². The van der Waals surface area contributed by atoms with Crippen molar-refractivity contribution in [1.29, 1.82) is 26.3 Å². The Morgan fingerprint density at radius 2 is 0.864 bits per heavy atom. The Morgan fingerprint density at radius 1 is 0.424 bits per heavy atom. The van der Waals surface area contributed by atoms with Crippen LogP contribution in [0.5, 0.6) is 0 Å². The molecule has 0 radical (unpaired) electrons. The molecule has 0 N–H and O–H groups in total. The zero-order valence-corrected chi connectivity index (χ0v) is 34.1. The maximum Gasteiger partial charge on any atom is 0.417 e. The van der Waals surface area contributed by atoms with Crippen LogP contribution in [-0.4, -0.2) is 9.13 Å². The Balaban J connectivity index is 1.32. The van der Waals surface area contributed by atoms with Gasteiger partial charge in [-0.25, -0.2) is 4.85 Å². The van der Waals surface area contributed by atoms with Crippen molar-refractivity contribution in [2.24, 2.45) is 0 Å². The largest absolute Gasteiger partial charge is 0.417 e. The second kappa shape index (κ2) is 15.5. The van der Waals surface area contributed by atoms with Gasteiger partial charge in [0.1, 0.15) is 0 Å². The first kappa shape index (κ1) is 40.2. The lowest BCUT2D eigenvalue weighted by atomic mass is 9.94. The first-order valence-corrected chi connectivity index (χ1v) is 20.2. The topological polar surface area (TPSA) is 133 Å². The summed E-state index contributed by atoms with van der Waals surface area (Å²) in [7, 11) is 0. The van der Waals surface area contributed by atoms with Gasteiger partial charge in [0.2, 0.25) is 0 Å². The molecule has 0 unspecified atom stereocenters. The van der Waals surface area contributed by atoms with Crippen molar-refractivity contribution < 1.29 is 13.2 Å². The summed E-state index contributed by atoms with van der Waals surface area (Å²) in [6, 6.07) is 53.5. The molecule has 11 heteroatoms. The van der Waals surface area contributed by atoms with Crippen LogP contribution in [-0.2, 0) is 6.18 Å². The summed E-state index contributed by atoms with van der Waals surface area (Å²) in [4.78, 5) is 3.85. The van der Waals surface area contributed by atoms with E-state index in [1.807, 2.05) is 100 Å². The standard InChI is InChI=1S/C55H25F3N8/c1-64-48-26-54(66-50-9-5-3-7-43(50)46-24-36(14-19-52(46)66)40-16-11-33(28-60)21-38(40)31-63)53(25-44(48)41-17-12-34(29-61)22-47(41)55(56,57)58)65-49-8-4-2-6-42(49)45-23-35(13-18-51(45)65)39-15-10-32(27-59)20-37(39)30-62/h2-26H. The Kier molecular flexibility index (Phi) is 9.41. The van der Waals surface area contributed by atoms with Crippen LogP contribution in [0, 0.1) is 63.2 Å². The highest BCUT2D eigenvalue weighted by atomic mass is 19.4. The molecule has 0 aliphatic rings. The van der Waals surface area contributed by atoms with Crippen LogP contribution in [0.4, 0.5) is 18.9 Å². The van der Waals surface area contributed by atoms with Crippen LogP contribution in [0.1, 0.15) is 33.4 Å². The van der Waals surface area contributed by atoms with Gasteiger partial charge in [-0.1, -0.05) is 66.7 Å². The highest BCUT2D eigenvalue weighted by molar-refractivity contribution is 6.13. The molecule has 0 fully saturated rings. The molecule has 0 atom stereocenters. The van der Waals surface area contributed by atoms with Gasteiger partial charge in [0.15, 0.2) is 5.69 Å². The van der Waals surface area contributed by atoms with Crippen molar-refractivity contribution in [2.45, 2.75) is 6.18 Å². The Hall–Kier alpha value is -9.91. The molecule has 0 aliphatic carbocycles. The molecule has 8 aromatic carbocycles. The fourth-order valence-corrected chi connectivity index (χ4v) is 9.03. The molecule has 2 aromatic heterocycles. The van der Waals surface area contributed by atoms with E-state index >= 15 is 0 Å². The summed E-state index contributed by atoms with van der Waals surface area (Å²) in [5, 5.41) is 52.0. The molecule has 0 spiro atoms. The molecule has 0 bridgehead atoms. The number of nitrogens with zero attached hydrogens (tertiary/aromatic N) is 8. The summed E-state index contributed by atoms with van der Waals surface area (Å²) in [6.07, 6.45) is -4.87. The van der Waals surface area contributed by atoms with Gasteiger partial charge in [0, 0.05) is 21.5 Å². The van der Waals surface area contributed by atoms with Crippen LogP contribution < -0.4 is 0 Å². The predicted octanol–water partition coefficient (Wildman–Crippen LogP) is 13.8. The van der Waals surface area contributed by atoms with Gasteiger partial charge in [-0.3, -0.25) is 0 Å². The van der Waals surface area contributed by atoms with Crippen molar-refractivity contribution >= 4 is 49.3 Å². The van der Waals surface area contributed by atoms with Gasteiger partial charge in [-0.2, -0.15) is 39.5 Å². The number of fused-ring (bicyclic) bond motifs is 6. The second-order valence-corrected chi connectivity index (χ2v) is 15.5. The van der Waals surface area contributed by atoms with E-state index in [9.17, 15) is 39.5 Å². The van der Waals surface area contributed by atoms with E-state index in [-0.39, 0.29) is 22.4 Å². The van der Waals surface area contributed by atoms with E-state index in [1.165, 1.54) is 18.2 Å². The Morgan fingerprint density at radius 3 is 1.32 bits per heavy atom. The smallest absolute Gasteiger partial charge is 0.308 e. The van der Waals surface area contributed by atoms with E-state index in [0.29, 0.717) is 66.9 Å². The summed E-state index contributed by atoms with van der Waals surface area (Å²) < 4.78 is 48.9. The van der Waals surface area contributed by atoms with Gasteiger partial charge in [0.25, 0.3) is 0 Å². The molecular formula is C55H25F3N8. The fraction of sp³-hybridized carbons (Fsp3) is 0.0182. The van der Waals surface area contributed by atoms with Crippen molar-refractivity contribution in [3.63, 3.8) is 0 Å². The normalized spacial score (nSPS) is 11.2. The van der Waals surface area contributed by atoms with E-state index in [2.05, 4.69) is 29.1 Å². The number of para-hydroxylation sites is 2. The zero-order chi connectivity index (χ0) is 45.9. The van der Waals surface area contributed by atoms with Crippen molar-refractivity contribution in [3.05, 3.63) is 196 Å². The number of aromatic nitrogens is 2. The second-order valence-electron chi connectivity index (χ2n) is 15.5. The highest BCUT2D eigenvalue weighted by Crippen LogP contribution is 2.47. The van der Waals surface area contributed by atoms with E-state index < -0.39 is 11.7 Å². The average Bonchev–Trinajstić information content (AvgIpc) is 3.87. The van der Waals surface area contributed by atoms with Gasteiger partial charge in [-0.15, -0.1) is 0 Å². The average molecular weight is 855 g/mol. The first-order valence-electron chi connectivity index (χ1n) is 20.2. The highest BCUT2D eigenvalue weighted by Gasteiger charge is 2.35. The quantitative estimate of drug-likeness (QED) is 0.159. The minimum Gasteiger partial charge on any atom is -0.308 e. The number of alkyl halides is 3. The van der Waals surface area contributed by atoms with Crippen molar-refractivity contribution in [1.82, 2.24) is 9.13 Å². The summed E-state index contributed by atoms with van der Waals surface area (Å²) in [5.74, 6) is 0. The summed E-state index contributed by atoms with van der Waals surface area (Å²) >= 11 is 0. The maximum atomic E-state index is 15.0. The summed E-state index contributed by atoms with van der Waals surface area (Å²) in [6.45, 7) is 8.44. The molecule has 10 aromatic rings. The number of hydrogen-bond acceptors (Lipinski definition) is 5. The molecule has 0 saturated heterocycles. The van der Waals surface area contributed by atoms with Crippen LogP contribution in [0.25, 0.3) is 93.2 Å². The lowest BCUT2D eigenvalue weighted by Crippen LogP contribution is -2.09. The van der Waals surface area contributed by atoms with Crippen LogP contribution in [0.3, 0.4) is 0 Å². The SMILES string of the molecule is [C-]#[N+]c1cc(-n2c3ccccc3c3cc(-c4ccc(C#N)cc4C#N)ccc32)c(-n2c3ccccc3c3cc(-c4ccc(C#N)cc4C#N)ccc32)cc1-c1ccc(C#N)cc1C(F)(F)F. The van der Waals surface area contributed by atoms with Crippen molar-refractivity contribution in [3.8, 4) is 75.1 Å². The lowest BCUT2D eigenvalue weighted by molar-refractivity contribution is -0.137. The summed E-state index contributed by atoms with van der Waals surface area (Å²) in [5.41, 5.74) is 6.22. The Labute approximate surface area is 374 Å². The fourth-order valence-electron chi connectivity index (χ4n) is 9.03. The van der Waals surface area contributed by atoms with Crippen molar-refractivity contribution in [2.75, 3.05) is 0 Å². The molecule has 2 heterocycles. The number of hydrogen-bond donors (Lipinski definition) is 0. The van der Waals surface area contributed by atoms with Gasteiger partial charge < -0.3 is 9.13 Å². The molecule has 0 aliphatic heterocycles. The number of rotatable bonds is 5. The third kappa shape index (κ3) is 6.34. The minimum atomic E-state index is -4.87. The lowest BCUT2D eigenvalue weighted by Gasteiger charge is -2.21. The third-order valence-corrected chi connectivity index (χ3v) is 11.9. The minimum absolute atomic E-state index is 0.00672. The van der Waals surface area contributed by atoms with Gasteiger partial charge in [-0.05, 0) is 118 Å².